The van der Waals surface area contributed by atoms with Crippen LogP contribution < -0.4 is 26.0 Å². The Morgan fingerprint density at radius 1 is 1.07 bits per heavy atom. The van der Waals surface area contributed by atoms with Gasteiger partial charge in [-0.15, -0.1) is 0 Å². The second-order valence-electron chi connectivity index (χ2n) is 12.2. The third kappa shape index (κ3) is 5.57. The number of benzene rings is 3. The van der Waals surface area contributed by atoms with E-state index < -0.39 is 35.1 Å². The van der Waals surface area contributed by atoms with E-state index in [1.54, 1.807) is 48.5 Å². The minimum Gasteiger partial charge on any atom is -0.494 e. The summed E-state index contributed by atoms with van der Waals surface area (Å²) in [5.41, 5.74) is 0.462. The SMILES string of the molecule is COc1cc(NC(C)=O)ccc1NC(=O)[C@@H]1N[C@@H](CC(C)(C)C)[C@@]2(C(=O)Nc3cc(Cl)ccc32)[C@H]1c1cccc(Cl)c1F. The summed E-state index contributed by atoms with van der Waals surface area (Å²) in [4.78, 5) is 40.0. The van der Waals surface area contributed by atoms with Gasteiger partial charge >= 0.3 is 0 Å². The van der Waals surface area contributed by atoms with Crippen LogP contribution in [0, 0.1) is 11.2 Å². The molecule has 8 nitrogen and oxygen atoms in total. The second-order valence-corrected chi connectivity index (χ2v) is 13.0. The van der Waals surface area contributed by atoms with E-state index in [1.807, 2.05) is 20.8 Å². The summed E-state index contributed by atoms with van der Waals surface area (Å²) >= 11 is 12.6. The second kappa shape index (κ2) is 11.4. The van der Waals surface area contributed by atoms with Crippen LogP contribution in [0.25, 0.3) is 0 Å². The molecule has 1 saturated heterocycles. The number of carbonyl (C=O) groups excluding carboxylic acids is 3. The molecule has 4 atom stereocenters. The van der Waals surface area contributed by atoms with Gasteiger partial charge in [0.15, 0.2) is 0 Å². The van der Waals surface area contributed by atoms with Gasteiger partial charge in [0.05, 0.1) is 23.9 Å². The molecule has 226 valence electrons. The fourth-order valence-electron chi connectivity index (χ4n) is 6.44. The maximum atomic E-state index is 16.0. The molecule has 1 spiro atoms. The first kappa shape index (κ1) is 30.8. The van der Waals surface area contributed by atoms with E-state index in [2.05, 4.69) is 21.3 Å². The van der Waals surface area contributed by atoms with Crippen molar-refractivity contribution in [1.29, 1.82) is 0 Å². The van der Waals surface area contributed by atoms with Crippen LogP contribution in [0.4, 0.5) is 21.5 Å². The molecule has 0 saturated carbocycles. The number of fused-ring (bicyclic) bond motifs is 2. The van der Waals surface area contributed by atoms with Crippen molar-refractivity contribution in [2.75, 3.05) is 23.1 Å². The van der Waals surface area contributed by atoms with Crippen molar-refractivity contribution < 1.29 is 23.5 Å². The Hall–Kier alpha value is -3.66. The summed E-state index contributed by atoms with van der Waals surface area (Å²) < 4.78 is 21.4. The van der Waals surface area contributed by atoms with E-state index in [0.717, 1.165) is 0 Å². The lowest BCUT2D eigenvalue weighted by Crippen LogP contribution is -2.49. The summed E-state index contributed by atoms with van der Waals surface area (Å²) in [7, 11) is 1.44. The predicted molar refractivity (Wildman–Crippen MR) is 167 cm³/mol. The van der Waals surface area contributed by atoms with Crippen LogP contribution in [0.1, 0.15) is 51.2 Å². The van der Waals surface area contributed by atoms with Crippen molar-refractivity contribution in [2.24, 2.45) is 5.41 Å². The molecule has 3 aromatic carbocycles. The smallest absolute Gasteiger partial charge is 0.242 e. The van der Waals surface area contributed by atoms with Crippen LogP contribution in [0.2, 0.25) is 10.0 Å². The quantitative estimate of drug-likeness (QED) is 0.250. The maximum Gasteiger partial charge on any atom is 0.242 e. The molecule has 43 heavy (non-hydrogen) atoms. The van der Waals surface area contributed by atoms with Gasteiger partial charge in [-0.25, -0.2) is 4.39 Å². The Balaban J connectivity index is 1.67. The van der Waals surface area contributed by atoms with Crippen LogP contribution in [0.5, 0.6) is 5.75 Å². The molecule has 2 aliphatic heterocycles. The van der Waals surface area contributed by atoms with Gasteiger partial charge < -0.3 is 26.0 Å². The number of hydrogen-bond acceptors (Lipinski definition) is 5. The van der Waals surface area contributed by atoms with Crippen LogP contribution in [0.15, 0.2) is 54.6 Å². The molecule has 5 rings (SSSR count). The Morgan fingerprint density at radius 3 is 2.49 bits per heavy atom. The van der Waals surface area contributed by atoms with Crippen molar-refractivity contribution in [3.8, 4) is 5.75 Å². The lowest BCUT2D eigenvalue weighted by molar-refractivity contribution is -0.122. The van der Waals surface area contributed by atoms with Crippen molar-refractivity contribution in [1.82, 2.24) is 5.32 Å². The van der Waals surface area contributed by atoms with Gasteiger partial charge in [0.2, 0.25) is 17.7 Å². The Labute approximate surface area is 259 Å². The van der Waals surface area contributed by atoms with Crippen molar-refractivity contribution in [3.05, 3.63) is 81.6 Å². The molecule has 0 unspecified atom stereocenters. The summed E-state index contributed by atoms with van der Waals surface area (Å²) in [6, 6.07) is 12.9. The van der Waals surface area contributed by atoms with E-state index >= 15 is 4.39 Å². The largest absolute Gasteiger partial charge is 0.494 e. The third-order valence-electron chi connectivity index (χ3n) is 8.00. The van der Waals surface area contributed by atoms with Gasteiger partial charge in [0.1, 0.15) is 17.0 Å². The number of ether oxygens (including phenoxy) is 1. The van der Waals surface area contributed by atoms with Crippen LogP contribution in [-0.4, -0.2) is 36.9 Å². The number of amides is 3. The van der Waals surface area contributed by atoms with E-state index in [-0.39, 0.29) is 27.8 Å². The van der Waals surface area contributed by atoms with E-state index in [0.29, 0.717) is 39.8 Å². The van der Waals surface area contributed by atoms with Gasteiger partial charge in [-0.05, 0) is 53.3 Å². The number of rotatable bonds is 6. The highest BCUT2D eigenvalue weighted by Gasteiger charge is 2.66. The Kier molecular flexibility index (Phi) is 8.19. The van der Waals surface area contributed by atoms with Gasteiger partial charge in [-0.2, -0.15) is 0 Å². The normalized spacial score (nSPS) is 22.7. The Morgan fingerprint density at radius 2 is 1.81 bits per heavy atom. The molecule has 2 aliphatic rings. The lowest BCUT2D eigenvalue weighted by atomic mass is 9.62. The lowest BCUT2D eigenvalue weighted by Gasteiger charge is -2.37. The first-order valence-electron chi connectivity index (χ1n) is 13.8. The highest BCUT2D eigenvalue weighted by molar-refractivity contribution is 6.31. The number of nitrogens with one attached hydrogen (secondary N) is 4. The summed E-state index contributed by atoms with van der Waals surface area (Å²) in [6.45, 7) is 7.52. The minimum absolute atomic E-state index is 0.115. The van der Waals surface area contributed by atoms with E-state index in [4.69, 9.17) is 27.9 Å². The zero-order valence-corrected chi connectivity index (χ0v) is 25.9. The van der Waals surface area contributed by atoms with Crippen molar-refractivity contribution >= 4 is 58.0 Å². The predicted octanol–water partition coefficient (Wildman–Crippen LogP) is 6.49. The zero-order valence-electron chi connectivity index (χ0n) is 24.4. The first-order valence-corrected chi connectivity index (χ1v) is 14.6. The molecule has 0 bridgehead atoms. The number of anilines is 3. The van der Waals surface area contributed by atoms with E-state index in [1.165, 1.54) is 20.1 Å². The molecule has 3 aromatic rings. The zero-order chi connectivity index (χ0) is 31.3. The monoisotopic (exact) mass is 626 g/mol. The number of halogens is 3. The standard InChI is InChI=1S/C32H33Cl2FN4O4/c1-16(40)36-18-10-12-22(24(14-18)43-5)37-29(41)28-26(19-7-6-8-21(34)27(19)35)32(25(39-28)15-31(2,3)4)20-11-9-17(33)13-23(20)38-30(32)42/h6-14,25-26,28,39H,15H2,1-5H3,(H,36,40)(H,37,41)(H,38,42)/t25-,26-,28+,32+/m0/s1. The molecular formula is C32H33Cl2FN4O4. The van der Waals surface area contributed by atoms with Crippen molar-refractivity contribution in [2.45, 2.75) is 57.5 Å². The van der Waals surface area contributed by atoms with Crippen LogP contribution in [0.3, 0.4) is 0 Å². The number of carbonyl (C=O) groups is 3. The highest BCUT2D eigenvalue weighted by Crippen LogP contribution is 2.57. The summed E-state index contributed by atoms with van der Waals surface area (Å²) in [5, 5.41) is 12.3. The molecule has 3 amide bonds. The van der Waals surface area contributed by atoms with Gasteiger partial charge in [0.25, 0.3) is 0 Å². The van der Waals surface area contributed by atoms with Crippen molar-refractivity contribution in [3.63, 3.8) is 0 Å². The average molecular weight is 628 g/mol. The molecule has 1 fully saturated rings. The van der Waals surface area contributed by atoms with Gasteiger partial charge in [-0.1, -0.05) is 62.2 Å². The molecule has 0 aromatic heterocycles. The molecular weight excluding hydrogens is 594 g/mol. The fourth-order valence-corrected chi connectivity index (χ4v) is 6.79. The van der Waals surface area contributed by atoms with Gasteiger partial charge in [-0.3, -0.25) is 14.4 Å². The third-order valence-corrected chi connectivity index (χ3v) is 8.53. The molecule has 0 aliphatic carbocycles. The van der Waals surface area contributed by atoms with Gasteiger partial charge in [0, 0.05) is 41.3 Å². The Bertz CT molecular complexity index is 1630. The maximum absolute atomic E-state index is 16.0. The molecule has 2 heterocycles. The van der Waals surface area contributed by atoms with Crippen LogP contribution in [-0.2, 0) is 19.8 Å². The number of hydrogen-bond donors (Lipinski definition) is 4. The van der Waals surface area contributed by atoms with Crippen LogP contribution >= 0.6 is 23.2 Å². The topological polar surface area (TPSA) is 109 Å². The minimum atomic E-state index is -1.37. The summed E-state index contributed by atoms with van der Waals surface area (Å²) in [6.07, 6.45) is 0.486. The van der Waals surface area contributed by atoms with E-state index in [9.17, 15) is 14.4 Å². The fraction of sp³-hybridized carbons (Fsp3) is 0.344. The highest BCUT2D eigenvalue weighted by atomic mass is 35.5. The molecule has 11 heteroatoms. The summed E-state index contributed by atoms with van der Waals surface area (Å²) in [5.74, 6) is -2.50. The molecule has 4 N–H and O–H groups in total. The molecule has 0 radical (unpaired) electrons. The first-order chi connectivity index (χ1) is 20.3. The number of methoxy groups -OCH3 is 1. The average Bonchev–Trinajstić information content (AvgIpc) is 3.39.